The third-order valence-corrected chi connectivity index (χ3v) is 3.23. The number of amides is 1. The first kappa shape index (κ1) is 13.9. The predicted octanol–water partition coefficient (Wildman–Crippen LogP) is 3.38. The van der Waals surface area contributed by atoms with E-state index in [1.807, 2.05) is 20.8 Å². The molecule has 1 aromatic rings. The third-order valence-electron chi connectivity index (χ3n) is 3.23. The zero-order valence-corrected chi connectivity index (χ0v) is 12.0. The van der Waals surface area contributed by atoms with Gasteiger partial charge in [-0.05, 0) is 39.5 Å². The lowest BCUT2D eigenvalue weighted by atomic mass is 9.93. The normalized spacial score (nSPS) is 24.3. The molecular weight excluding hydrogens is 244 g/mol. The second-order valence-electron chi connectivity index (χ2n) is 6.23. The Kier molecular flexibility index (Phi) is 3.83. The van der Waals surface area contributed by atoms with Crippen molar-refractivity contribution in [3.63, 3.8) is 0 Å². The number of carbonyl (C=O) groups is 1. The number of likely N-dealkylation sites (tertiary alicyclic amines) is 1. The van der Waals surface area contributed by atoms with Crippen LogP contribution in [-0.2, 0) is 4.74 Å². The van der Waals surface area contributed by atoms with Crippen molar-refractivity contribution < 1.29 is 13.9 Å². The predicted molar refractivity (Wildman–Crippen MR) is 70.6 cm³/mol. The van der Waals surface area contributed by atoms with E-state index in [9.17, 15) is 4.79 Å². The SMILES string of the molecule is CC1CCC(c2cnco2)N(C(=O)OC(C)(C)C)C1. The number of rotatable bonds is 1. The van der Waals surface area contributed by atoms with Gasteiger partial charge >= 0.3 is 6.09 Å². The van der Waals surface area contributed by atoms with Crippen LogP contribution in [0.15, 0.2) is 17.0 Å². The Bertz CT molecular complexity index is 422. The maximum Gasteiger partial charge on any atom is 0.410 e. The fraction of sp³-hybridized carbons (Fsp3) is 0.714. The summed E-state index contributed by atoms with van der Waals surface area (Å²) in [5.74, 6) is 1.21. The smallest absolute Gasteiger partial charge is 0.410 e. The van der Waals surface area contributed by atoms with Gasteiger partial charge in [0.15, 0.2) is 6.39 Å². The molecule has 2 unspecified atom stereocenters. The molecule has 5 nitrogen and oxygen atoms in total. The number of carbonyl (C=O) groups excluding carboxylic acids is 1. The summed E-state index contributed by atoms with van der Waals surface area (Å²) in [5, 5.41) is 0. The molecule has 19 heavy (non-hydrogen) atoms. The van der Waals surface area contributed by atoms with Gasteiger partial charge in [-0.2, -0.15) is 0 Å². The first-order valence-corrected chi connectivity index (χ1v) is 6.75. The summed E-state index contributed by atoms with van der Waals surface area (Å²) in [6, 6.07) is -0.0615. The molecule has 1 aliphatic rings. The summed E-state index contributed by atoms with van der Waals surface area (Å²) < 4.78 is 10.8. The van der Waals surface area contributed by atoms with Gasteiger partial charge in [0.2, 0.25) is 0 Å². The number of aromatic nitrogens is 1. The molecule has 1 amide bonds. The van der Waals surface area contributed by atoms with Crippen LogP contribution in [0.5, 0.6) is 0 Å². The summed E-state index contributed by atoms with van der Waals surface area (Å²) in [5.41, 5.74) is -0.482. The average molecular weight is 266 g/mol. The van der Waals surface area contributed by atoms with Crippen LogP contribution in [0.25, 0.3) is 0 Å². The van der Waals surface area contributed by atoms with E-state index in [-0.39, 0.29) is 12.1 Å². The molecule has 5 heteroatoms. The second-order valence-corrected chi connectivity index (χ2v) is 6.23. The Labute approximate surface area is 113 Å². The first-order valence-electron chi connectivity index (χ1n) is 6.75. The van der Waals surface area contributed by atoms with Gasteiger partial charge < -0.3 is 9.15 Å². The molecule has 0 aliphatic carbocycles. The van der Waals surface area contributed by atoms with Gasteiger partial charge in [0.25, 0.3) is 0 Å². The molecule has 1 fully saturated rings. The number of oxazole rings is 1. The van der Waals surface area contributed by atoms with E-state index in [1.54, 1.807) is 11.1 Å². The number of nitrogens with zero attached hydrogens (tertiary/aromatic N) is 2. The fourth-order valence-corrected chi connectivity index (χ4v) is 2.36. The molecule has 0 bridgehead atoms. The molecule has 2 rings (SSSR count). The average Bonchev–Trinajstić information content (AvgIpc) is 2.80. The summed E-state index contributed by atoms with van der Waals surface area (Å²) in [4.78, 5) is 18.0. The molecule has 1 aromatic heterocycles. The topological polar surface area (TPSA) is 55.6 Å². The zero-order chi connectivity index (χ0) is 14.0. The minimum absolute atomic E-state index is 0.0615. The van der Waals surface area contributed by atoms with Crippen molar-refractivity contribution in [2.24, 2.45) is 5.92 Å². The Morgan fingerprint density at radius 2 is 2.21 bits per heavy atom. The van der Waals surface area contributed by atoms with E-state index < -0.39 is 5.60 Å². The number of ether oxygens (including phenoxy) is 1. The lowest BCUT2D eigenvalue weighted by Gasteiger charge is -2.38. The molecule has 2 atom stereocenters. The first-order chi connectivity index (χ1) is 8.87. The maximum atomic E-state index is 12.3. The molecule has 1 aliphatic heterocycles. The number of piperidine rings is 1. The Hall–Kier alpha value is -1.52. The summed E-state index contributed by atoms with van der Waals surface area (Å²) in [6.07, 6.45) is 4.76. The number of hydrogen-bond donors (Lipinski definition) is 0. The largest absolute Gasteiger partial charge is 0.446 e. The van der Waals surface area contributed by atoms with Crippen LogP contribution in [0.3, 0.4) is 0 Å². The van der Waals surface area contributed by atoms with Crippen LogP contribution in [0.4, 0.5) is 4.79 Å². The molecular formula is C14H22N2O3. The lowest BCUT2D eigenvalue weighted by Crippen LogP contribution is -2.44. The molecule has 2 heterocycles. The monoisotopic (exact) mass is 266 g/mol. The van der Waals surface area contributed by atoms with Crippen LogP contribution in [-0.4, -0.2) is 28.1 Å². The van der Waals surface area contributed by atoms with Crippen molar-refractivity contribution >= 4 is 6.09 Å². The van der Waals surface area contributed by atoms with E-state index in [0.717, 1.165) is 18.6 Å². The Morgan fingerprint density at radius 3 is 2.79 bits per heavy atom. The minimum atomic E-state index is -0.482. The van der Waals surface area contributed by atoms with Crippen LogP contribution >= 0.6 is 0 Å². The fourth-order valence-electron chi connectivity index (χ4n) is 2.36. The third kappa shape index (κ3) is 3.49. The van der Waals surface area contributed by atoms with E-state index >= 15 is 0 Å². The van der Waals surface area contributed by atoms with Crippen molar-refractivity contribution in [2.45, 2.75) is 52.2 Å². The molecule has 0 radical (unpaired) electrons. The second kappa shape index (κ2) is 5.23. The van der Waals surface area contributed by atoms with Crippen molar-refractivity contribution in [3.8, 4) is 0 Å². The summed E-state index contributed by atoms with van der Waals surface area (Å²) in [6.45, 7) is 8.47. The van der Waals surface area contributed by atoms with Gasteiger partial charge in [0.05, 0.1) is 12.2 Å². The summed E-state index contributed by atoms with van der Waals surface area (Å²) in [7, 11) is 0. The molecule has 0 saturated carbocycles. The lowest BCUT2D eigenvalue weighted by molar-refractivity contribution is 0.000651. The molecule has 0 N–H and O–H groups in total. The van der Waals surface area contributed by atoms with Gasteiger partial charge in [0.1, 0.15) is 11.4 Å². The van der Waals surface area contributed by atoms with Crippen molar-refractivity contribution in [1.82, 2.24) is 9.88 Å². The van der Waals surface area contributed by atoms with Crippen LogP contribution in [0.2, 0.25) is 0 Å². The van der Waals surface area contributed by atoms with Gasteiger partial charge in [-0.3, -0.25) is 4.90 Å². The Morgan fingerprint density at radius 1 is 1.47 bits per heavy atom. The highest BCUT2D eigenvalue weighted by Crippen LogP contribution is 2.34. The van der Waals surface area contributed by atoms with Crippen molar-refractivity contribution in [1.29, 1.82) is 0 Å². The van der Waals surface area contributed by atoms with Crippen LogP contribution in [0.1, 0.15) is 52.3 Å². The molecule has 0 aromatic carbocycles. The standard InChI is InChI=1S/C14H22N2O3/c1-10-5-6-11(12-7-15-9-18-12)16(8-10)13(17)19-14(2,3)4/h7,9-11H,5-6,8H2,1-4H3. The highest BCUT2D eigenvalue weighted by Gasteiger charge is 2.35. The number of hydrogen-bond acceptors (Lipinski definition) is 4. The van der Waals surface area contributed by atoms with Crippen molar-refractivity contribution in [2.75, 3.05) is 6.54 Å². The van der Waals surface area contributed by atoms with E-state index in [2.05, 4.69) is 11.9 Å². The van der Waals surface area contributed by atoms with Gasteiger partial charge in [0, 0.05) is 6.54 Å². The van der Waals surface area contributed by atoms with Gasteiger partial charge in [-0.15, -0.1) is 0 Å². The minimum Gasteiger partial charge on any atom is -0.446 e. The van der Waals surface area contributed by atoms with E-state index in [4.69, 9.17) is 9.15 Å². The molecule has 1 saturated heterocycles. The maximum absolute atomic E-state index is 12.3. The van der Waals surface area contributed by atoms with E-state index in [1.165, 1.54) is 6.39 Å². The quantitative estimate of drug-likeness (QED) is 0.782. The molecule has 0 spiro atoms. The molecule has 106 valence electrons. The summed E-state index contributed by atoms with van der Waals surface area (Å²) >= 11 is 0. The highest BCUT2D eigenvalue weighted by atomic mass is 16.6. The van der Waals surface area contributed by atoms with Crippen LogP contribution in [0, 0.1) is 5.92 Å². The van der Waals surface area contributed by atoms with Crippen LogP contribution < -0.4 is 0 Å². The van der Waals surface area contributed by atoms with Gasteiger partial charge in [-0.25, -0.2) is 9.78 Å². The van der Waals surface area contributed by atoms with Gasteiger partial charge in [-0.1, -0.05) is 6.92 Å². The van der Waals surface area contributed by atoms with Crippen molar-refractivity contribution in [3.05, 3.63) is 18.4 Å². The van der Waals surface area contributed by atoms with E-state index in [0.29, 0.717) is 12.5 Å². The highest BCUT2D eigenvalue weighted by molar-refractivity contribution is 5.69. The Balaban J connectivity index is 2.15. The zero-order valence-electron chi connectivity index (χ0n) is 12.0.